The van der Waals surface area contributed by atoms with E-state index in [9.17, 15) is 0 Å². The molecule has 0 aromatic carbocycles. The summed E-state index contributed by atoms with van der Waals surface area (Å²) < 4.78 is 0. The molecule has 1 N–H and O–H groups in total. The van der Waals surface area contributed by atoms with Gasteiger partial charge in [-0.1, -0.05) is 20.3 Å². The smallest absolute Gasteiger partial charge is 0.0166 e. The molecule has 0 amide bonds. The Kier molecular flexibility index (Phi) is 4.74. The van der Waals surface area contributed by atoms with Gasteiger partial charge in [0.05, 0.1) is 0 Å². The first kappa shape index (κ1) is 11.0. The van der Waals surface area contributed by atoms with Crippen molar-refractivity contribution >= 4 is 0 Å². The van der Waals surface area contributed by atoms with E-state index in [1.54, 1.807) is 0 Å². The van der Waals surface area contributed by atoms with Crippen LogP contribution in [-0.2, 0) is 0 Å². The Morgan fingerprint density at radius 1 is 1.54 bits per heavy atom. The minimum absolute atomic E-state index is 0.673. The summed E-state index contributed by atoms with van der Waals surface area (Å²) in [6.45, 7) is 11.9. The third-order valence-corrected chi connectivity index (χ3v) is 2.94. The molecule has 78 valence electrons. The molecular weight excluding hydrogens is 160 g/mol. The van der Waals surface area contributed by atoms with E-state index in [-0.39, 0.29) is 0 Å². The number of hydrogen-bond acceptors (Lipinski definition) is 2. The van der Waals surface area contributed by atoms with Crippen LogP contribution in [-0.4, -0.2) is 37.1 Å². The summed E-state index contributed by atoms with van der Waals surface area (Å²) in [5.41, 5.74) is 0. The highest BCUT2D eigenvalue weighted by Crippen LogP contribution is 2.07. The quantitative estimate of drug-likeness (QED) is 0.718. The Balaban J connectivity index is 2.30. The van der Waals surface area contributed by atoms with Gasteiger partial charge in [0.25, 0.3) is 0 Å². The predicted octanol–water partition coefficient (Wildman–Crippen LogP) is 1.72. The minimum Gasteiger partial charge on any atom is -0.313 e. The van der Waals surface area contributed by atoms with Gasteiger partial charge >= 0.3 is 0 Å². The molecule has 2 heteroatoms. The van der Waals surface area contributed by atoms with Crippen LogP contribution in [0.3, 0.4) is 0 Å². The Morgan fingerprint density at radius 2 is 2.31 bits per heavy atom. The highest BCUT2D eigenvalue weighted by Gasteiger charge is 2.15. The molecule has 13 heavy (non-hydrogen) atoms. The molecule has 0 radical (unpaired) electrons. The minimum atomic E-state index is 0.673. The van der Waals surface area contributed by atoms with E-state index in [1.165, 1.54) is 39.0 Å². The van der Waals surface area contributed by atoms with E-state index in [0.717, 1.165) is 5.92 Å². The zero-order valence-electron chi connectivity index (χ0n) is 9.34. The van der Waals surface area contributed by atoms with Crippen LogP contribution in [0.1, 0.15) is 33.6 Å². The summed E-state index contributed by atoms with van der Waals surface area (Å²) >= 11 is 0. The zero-order chi connectivity index (χ0) is 9.68. The van der Waals surface area contributed by atoms with E-state index >= 15 is 0 Å². The molecule has 0 spiro atoms. The lowest BCUT2D eigenvalue weighted by Crippen LogP contribution is -2.37. The largest absolute Gasteiger partial charge is 0.313 e. The summed E-state index contributed by atoms with van der Waals surface area (Å²) in [7, 11) is 0. The molecule has 1 saturated heterocycles. The van der Waals surface area contributed by atoms with Crippen molar-refractivity contribution in [2.45, 2.75) is 39.7 Å². The van der Waals surface area contributed by atoms with Gasteiger partial charge in [-0.15, -0.1) is 0 Å². The second kappa shape index (κ2) is 5.61. The van der Waals surface area contributed by atoms with Gasteiger partial charge in [0.15, 0.2) is 0 Å². The van der Waals surface area contributed by atoms with Crippen LogP contribution in [0.4, 0.5) is 0 Å². The first-order valence-electron chi connectivity index (χ1n) is 5.68. The lowest BCUT2D eigenvalue weighted by atomic mass is 10.1. The number of nitrogens with one attached hydrogen (secondary N) is 1. The van der Waals surface area contributed by atoms with Crippen molar-refractivity contribution in [2.24, 2.45) is 5.92 Å². The molecule has 0 aromatic rings. The summed E-state index contributed by atoms with van der Waals surface area (Å²) in [6, 6.07) is 0.673. The molecule has 1 rings (SSSR count). The van der Waals surface area contributed by atoms with Crippen LogP contribution < -0.4 is 5.32 Å². The van der Waals surface area contributed by atoms with Crippen molar-refractivity contribution in [3.8, 4) is 0 Å². The average Bonchev–Trinajstić information content (AvgIpc) is 2.30. The highest BCUT2D eigenvalue weighted by atomic mass is 15.2. The topological polar surface area (TPSA) is 15.3 Å². The number of rotatable bonds is 3. The molecule has 0 bridgehead atoms. The molecule has 2 unspecified atom stereocenters. The molecule has 2 atom stereocenters. The third-order valence-electron chi connectivity index (χ3n) is 2.94. The SMILES string of the molecule is CCC(C)CN1CCCNC(C)C1. The van der Waals surface area contributed by atoms with Gasteiger partial charge in [0.1, 0.15) is 0 Å². The van der Waals surface area contributed by atoms with Crippen molar-refractivity contribution in [2.75, 3.05) is 26.2 Å². The van der Waals surface area contributed by atoms with Crippen molar-refractivity contribution in [3.63, 3.8) is 0 Å². The van der Waals surface area contributed by atoms with E-state index in [0.29, 0.717) is 6.04 Å². The summed E-state index contributed by atoms with van der Waals surface area (Å²) in [6.07, 6.45) is 2.61. The first-order chi connectivity index (χ1) is 6.22. The summed E-state index contributed by atoms with van der Waals surface area (Å²) in [4.78, 5) is 2.61. The summed E-state index contributed by atoms with van der Waals surface area (Å²) in [5.74, 6) is 0.852. The van der Waals surface area contributed by atoms with Crippen molar-refractivity contribution in [3.05, 3.63) is 0 Å². The molecule has 0 aromatic heterocycles. The van der Waals surface area contributed by atoms with Crippen molar-refractivity contribution in [1.29, 1.82) is 0 Å². The maximum Gasteiger partial charge on any atom is 0.0166 e. The van der Waals surface area contributed by atoms with Crippen LogP contribution in [0.2, 0.25) is 0 Å². The lowest BCUT2D eigenvalue weighted by Gasteiger charge is -2.25. The molecule has 1 aliphatic heterocycles. The van der Waals surface area contributed by atoms with E-state index in [1.807, 2.05) is 0 Å². The van der Waals surface area contributed by atoms with Crippen LogP contribution in [0.25, 0.3) is 0 Å². The lowest BCUT2D eigenvalue weighted by molar-refractivity contribution is 0.234. The molecular formula is C11H24N2. The second-order valence-electron chi connectivity index (χ2n) is 4.48. The third kappa shape index (κ3) is 4.10. The van der Waals surface area contributed by atoms with E-state index < -0.39 is 0 Å². The predicted molar refractivity (Wildman–Crippen MR) is 58.0 cm³/mol. The first-order valence-corrected chi connectivity index (χ1v) is 5.68. The van der Waals surface area contributed by atoms with Gasteiger partial charge in [0.2, 0.25) is 0 Å². The maximum absolute atomic E-state index is 3.52. The van der Waals surface area contributed by atoms with Gasteiger partial charge in [-0.3, -0.25) is 0 Å². The van der Waals surface area contributed by atoms with Crippen LogP contribution in [0, 0.1) is 5.92 Å². The van der Waals surface area contributed by atoms with Crippen LogP contribution >= 0.6 is 0 Å². The Labute approximate surface area is 82.7 Å². The van der Waals surface area contributed by atoms with Gasteiger partial charge < -0.3 is 10.2 Å². The Bertz CT molecular complexity index is 136. The fraction of sp³-hybridized carbons (Fsp3) is 1.00. The van der Waals surface area contributed by atoms with Crippen LogP contribution in [0.15, 0.2) is 0 Å². The van der Waals surface area contributed by atoms with Gasteiger partial charge in [-0.05, 0) is 32.4 Å². The Hall–Kier alpha value is -0.0800. The number of nitrogens with zero attached hydrogens (tertiary/aromatic N) is 1. The highest BCUT2D eigenvalue weighted by molar-refractivity contribution is 4.73. The second-order valence-corrected chi connectivity index (χ2v) is 4.48. The van der Waals surface area contributed by atoms with Gasteiger partial charge in [-0.2, -0.15) is 0 Å². The molecule has 1 heterocycles. The summed E-state index contributed by atoms with van der Waals surface area (Å²) in [5, 5.41) is 3.52. The normalized spacial score (nSPS) is 28.4. The molecule has 1 aliphatic rings. The van der Waals surface area contributed by atoms with E-state index in [4.69, 9.17) is 0 Å². The van der Waals surface area contributed by atoms with Crippen LogP contribution in [0.5, 0.6) is 0 Å². The average molecular weight is 184 g/mol. The molecule has 2 nitrogen and oxygen atoms in total. The fourth-order valence-electron chi connectivity index (χ4n) is 1.93. The molecule has 0 saturated carbocycles. The van der Waals surface area contributed by atoms with E-state index in [2.05, 4.69) is 31.0 Å². The molecule has 1 fully saturated rings. The maximum atomic E-state index is 3.52. The number of hydrogen-bond donors (Lipinski definition) is 1. The Morgan fingerprint density at radius 3 is 3.00 bits per heavy atom. The fourth-order valence-corrected chi connectivity index (χ4v) is 1.93. The van der Waals surface area contributed by atoms with Crippen molar-refractivity contribution < 1.29 is 0 Å². The standard InChI is InChI=1S/C11H24N2/c1-4-10(2)8-13-7-5-6-12-11(3)9-13/h10-12H,4-9H2,1-3H3. The van der Waals surface area contributed by atoms with Crippen molar-refractivity contribution in [1.82, 2.24) is 10.2 Å². The zero-order valence-corrected chi connectivity index (χ0v) is 9.34. The molecule has 0 aliphatic carbocycles. The van der Waals surface area contributed by atoms with Gasteiger partial charge in [-0.25, -0.2) is 0 Å². The van der Waals surface area contributed by atoms with Gasteiger partial charge in [0, 0.05) is 19.1 Å². The monoisotopic (exact) mass is 184 g/mol.